The Bertz CT molecular complexity index is 276. The molecule has 0 bridgehead atoms. The molecule has 0 saturated carbocycles. The van der Waals surface area contributed by atoms with Crippen LogP contribution in [0.15, 0.2) is 29.2 Å². The van der Waals surface area contributed by atoms with E-state index in [0.29, 0.717) is 16.6 Å². The summed E-state index contributed by atoms with van der Waals surface area (Å²) in [5, 5.41) is 8.94. The first-order chi connectivity index (χ1) is 6.70. The van der Waals surface area contributed by atoms with E-state index in [4.69, 9.17) is 23.7 Å². The van der Waals surface area contributed by atoms with Crippen LogP contribution in [0.2, 0.25) is 0 Å². The number of halogens is 1. The Labute approximate surface area is 92.7 Å². The zero-order valence-corrected chi connectivity index (χ0v) is 9.75. The molecule has 0 aliphatic carbocycles. The summed E-state index contributed by atoms with van der Waals surface area (Å²) in [4.78, 5) is 1.29. The number of phenolic OH excluding ortho intramolecular Hbond substituents is 1. The zero-order valence-electron chi connectivity index (χ0n) is 8.18. The standard InChI is InChI=1S/C8H10OS.ClHO4/c1-10(2)8-5-3-7(9)4-6-8;2-1(3,4)5/h3-6H,1-2H3;(H,2,3,4,5). The van der Waals surface area contributed by atoms with Crippen molar-refractivity contribution in [3.05, 3.63) is 24.3 Å². The molecule has 0 spiro atoms. The Morgan fingerprint density at radius 3 is 1.60 bits per heavy atom. The van der Waals surface area contributed by atoms with Crippen molar-refractivity contribution in [3.63, 3.8) is 0 Å². The van der Waals surface area contributed by atoms with Crippen LogP contribution in [0.5, 0.6) is 5.75 Å². The molecule has 0 aliphatic heterocycles. The average Bonchev–Trinajstić information content (AvgIpc) is 2.01. The van der Waals surface area contributed by atoms with Gasteiger partial charge >= 0.3 is 0 Å². The second-order valence-corrected chi connectivity index (χ2v) is 5.55. The van der Waals surface area contributed by atoms with Crippen LogP contribution in [0.1, 0.15) is 0 Å². The van der Waals surface area contributed by atoms with E-state index in [-0.39, 0.29) is 0 Å². The van der Waals surface area contributed by atoms with Crippen molar-refractivity contribution in [1.29, 1.82) is 0 Å². The van der Waals surface area contributed by atoms with Crippen molar-refractivity contribution >= 4 is 10.9 Å². The highest BCUT2D eigenvalue weighted by Gasteiger charge is 2.05. The molecule has 7 heteroatoms. The normalized spacial score (nSPS) is 10.9. The lowest BCUT2D eigenvalue weighted by atomic mass is 10.3. The maximum atomic E-state index is 8.94. The minimum atomic E-state index is -4.94. The van der Waals surface area contributed by atoms with E-state index in [2.05, 4.69) is 12.5 Å². The van der Waals surface area contributed by atoms with Gasteiger partial charge in [0.05, 0.1) is 0 Å². The Morgan fingerprint density at radius 1 is 1.00 bits per heavy atom. The van der Waals surface area contributed by atoms with Gasteiger partial charge in [-0.05, 0) is 24.3 Å². The summed E-state index contributed by atoms with van der Waals surface area (Å²) in [5.74, 6) is 0.342. The molecule has 0 saturated heterocycles. The molecule has 0 aliphatic rings. The summed E-state index contributed by atoms with van der Waals surface area (Å²) < 4.78 is 34.0. The molecule has 0 atom stereocenters. The van der Waals surface area contributed by atoms with Crippen LogP contribution in [0.25, 0.3) is 0 Å². The van der Waals surface area contributed by atoms with Crippen LogP contribution < -0.4 is 18.6 Å². The van der Waals surface area contributed by atoms with Crippen LogP contribution in [0.4, 0.5) is 0 Å². The van der Waals surface area contributed by atoms with Gasteiger partial charge in [-0.25, -0.2) is 18.6 Å². The summed E-state index contributed by atoms with van der Waals surface area (Å²) in [6, 6.07) is 7.36. The average molecular weight is 255 g/mol. The molecule has 1 aromatic carbocycles. The largest absolute Gasteiger partial charge is 0.508 e. The van der Waals surface area contributed by atoms with Gasteiger partial charge in [-0.1, -0.05) is 0 Å². The summed E-state index contributed by atoms with van der Waals surface area (Å²) in [7, 11) is -4.64. The Morgan fingerprint density at radius 2 is 1.33 bits per heavy atom. The van der Waals surface area contributed by atoms with E-state index in [1.165, 1.54) is 4.90 Å². The molecule has 1 N–H and O–H groups in total. The molecule has 0 heterocycles. The molecule has 86 valence electrons. The van der Waals surface area contributed by atoms with Gasteiger partial charge < -0.3 is 5.11 Å². The number of hydrogen-bond acceptors (Lipinski definition) is 5. The molecule has 0 unspecified atom stereocenters. The van der Waals surface area contributed by atoms with Gasteiger partial charge in [-0.15, -0.1) is 10.2 Å². The van der Waals surface area contributed by atoms with E-state index in [1.54, 1.807) is 12.1 Å². The molecular weight excluding hydrogens is 244 g/mol. The van der Waals surface area contributed by atoms with Crippen LogP contribution in [0, 0.1) is 10.2 Å². The minimum Gasteiger partial charge on any atom is -0.508 e. The van der Waals surface area contributed by atoms with Crippen LogP contribution in [0.3, 0.4) is 0 Å². The van der Waals surface area contributed by atoms with E-state index in [9.17, 15) is 0 Å². The number of benzene rings is 1. The van der Waals surface area contributed by atoms with E-state index < -0.39 is 10.2 Å². The molecule has 5 nitrogen and oxygen atoms in total. The first-order valence-electron chi connectivity index (χ1n) is 3.68. The predicted molar refractivity (Wildman–Crippen MR) is 45.6 cm³/mol. The Kier molecular flexibility index (Phi) is 5.96. The molecular formula is C8H11ClO5S. The van der Waals surface area contributed by atoms with Gasteiger partial charge in [0.25, 0.3) is 0 Å². The monoisotopic (exact) mass is 254 g/mol. The van der Waals surface area contributed by atoms with Crippen molar-refractivity contribution < 1.29 is 34.0 Å². The number of hydrogen-bond donors (Lipinski definition) is 1. The molecule has 0 radical (unpaired) electrons. The Balaban J connectivity index is 0.000000336. The lowest BCUT2D eigenvalue weighted by Crippen LogP contribution is -2.68. The van der Waals surface area contributed by atoms with E-state index >= 15 is 0 Å². The fourth-order valence-electron chi connectivity index (χ4n) is 0.718. The van der Waals surface area contributed by atoms with E-state index in [1.807, 2.05) is 12.1 Å². The third-order valence-corrected chi connectivity index (χ3v) is 2.52. The molecule has 15 heavy (non-hydrogen) atoms. The highest BCUT2D eigenvalue weighted by atomic mass is 35.7. The first-order valence-corrected chi connectivity index (χ1v) is 6.96. The third kappa shape index (κ3) is 9.80. The van der Waals surface area contributed by atoms with Gasteiger partial charge in [0.15, 0.2) is 4.90 Å². The molecule has 0 aromatic heterocycles. The highest BCUT2D eigenvalue weighted by Crippen LogP contribution is 2.13. The van der Waals surface area contributed by atoms with E-state index in [0.717, 1.165) is 0 Å². The van der Waals surface area contributed by atoms with Crippen LogP contribution in [-0.4, -0.2) is 17.6 Å². The van der Waals surface area contributed by atoms with Crippen molar-refractivity contribution in [1.82, 2.24) is 0 Å². The maximum Gasteiger partial charge on any atom is 0.154 e. The zero-order chi connectivity index (χ0) is 12.1. The SMILES string of the molecule is C[S+](C)c1ccc(O)cc1.[O-][Cl+3]([O-])([O-])[O-]. The first kappa shape index (κ1) is 14.5. The van der Waals surface area contributed by atoms with Crippen molar-refractivity contribution in [2.24, 2.45) is 0 Å². The minimum absolute atomic E-state index is 0.302. The summed E-state index contributed by atoms with van der Waals surface area (Å²) >= 11 is 0. The summed E-state index contributed by atoms with van der Waals surface area (Å²) in [5.41, 5.74) is 0. The Hall–Kier alpha value is -0.500. The molecule has 0 fully saturated rings. The van der Waals surface area contributed by atoms with Crippen LogP contribution in [-0.2, 0) is 10.9 Å². The van der Waals surface area contributed by atoms with Crippen molar-refractivity contribution in [3.8, 4) is 5.75 Å². The number of aromatic hydroxyl groups is 1. The van der Waals surface area contributed by atoms with Gasteiger partial charge in [-0.2, -0.15) is 0 Å². The highest BCUT2D eigenvalue weighted by molar-refractivity contribution is 7.95. The summed E-state index contributed by atoms with van der Waals surface area (Å²) in [6.45, 7) is 0. The van der Waals surface area contributed by atoms with Gasteiger partial charge in [0.2, 0.25) is 0 Å². The van der Waals surface area contributed by atoms with Gasteiger partial charge in [-0.3, -0.25) is 0 Å². The molecule has 1 aromatic rings. The lowest BCUT2D eigenvalue weighted by Gasteiger charge is -2.17. The maximum absolute atomic E-state index is 8.94. The number of rotatable bonds is 1. The van der Waals surface area contributed by atoms with Crippen LogP contribution >= 0.6 is 0 Å². The fraction of sp³-hybridized carbons (Fsp3) is 0.250. The third-order valence-electron chi connectivity index (χ3n) is 1.31. The fourth-order valence-corrected chi connectivity index (χ4v) is 1.40. The predicted octanol–water partition coefficient (Wildman–Crippen LogP) is -3.13. The van der Waals surface area contributed by atoms with Gasteiger partial charge in [0.1, 0.15) is 18.3 Å². The molecule has 0 amide bonds. The topological polar surface area (TPSA) is 112 Å². The van der Waals surface area contributed by atoms with Crippen molar-refractivity contribution in [2.45, 2.75) is 4.90 Å². The molecule has 1 rings (SSSR count). The van der Waals surface area contributed by atoms with Crippen molar-refractivity contribution in [2.75, 3.05) is 12.5 Å². The lowest BCUT2D eigenvalue weighted by molar-refractivity contribution is -2.00. The second kappa shape index (κ2) is 6.16. The number of phenols is 1. The smallest absolute Gasteiger partial charge is 0.154 e. The second-order valence-electron chi connectivity index (χ2n) is 2.69. The summed E-state index contributed by atoms with van der Waals surface area (Å²) in [6.07, 6.45) is 4.32. The quantitative estimate of drug-likeness (QED) is 0.533. The van der Waals surface area contributed by atoms with Gasteiger partial charge in [0, 0.05) is 10.9 Å².